The highest BCUT2D eigenvalue weighted by Gasteiger charge is 2.36. The average Bonchev–Trinajstić information content (AvgIpc) is 2.99. The van der Waals surface area contributed by atoms with Gasteiger partial charge in [0.05, 0.1) is 29.9 Å². The van der Waals surface area contributed by atoms with E-state index in [0.29, 0.717) is 37.4 Å². The zero-order valence-electron chi connectivity index (χ0n) is 13.1. The van der Waals surface area contributed by atoms with Gasteiger partial charge in [0.1, 0.15) is 11.5 Å². The largest absolute Gasteiger partial charge is 0.460 e. The smallest absolute Gasteiger partial charge is 0.135 e. The average molecular weight is 312 g/mol. The summed E-state index contributed by atoms with van der Waals surface area (Å²) in [5.74, 6) is 1.45. The summed E-state index contributed by atoms with van der Waals surface area (Å²) >= 11 is 0. The van der Waals surface area contributed by atoms with Gasteiger partial charge >= 0.3 is 0 Å². The third-order valence-corrected chi connectivity index (χ3v) is 4.44. The van der Waals surface area contributed by atoms with E-state index in [2.05, 4.69) is 11.0 Å². The zero-order chi connectivity index (χ0) is 16.4. The fourth-order valence-electron chi connectivity index (χ4n) is 2.85. The Morgan fingerprint density at radius 2 is 2.13 bits per heavy atom. The van der Waals surface area contributed by atoms with Gasteiger partial charge in [-0.05, 0) is 37.6 Å². The maximum absolute atomic E-state index is 10.0. The molecule has 23 heavy (non-hydrogen) atoms. The van der Waals surface area contributed by atoms with E-state index in [4.69, 9.17) is 4.42 Å². The van der Waals surface area contributed by atoms with Crippen molar-refractivity contribution in [1.82, 2.24) is 4.90 Å². The van der Waals surface area contributed by atoms with E-state index >= 15 is 0 Å². The number of β-amino-alcohol motifs (C(OH)–C–C–N with tert-alkyl or cyclic N) is 1. The van der Waals surface area contributed by atoms with Crippen LogP contribution in [-0.2, 0) is 6.54 Å². The van der Waals surface area contributed by atoms with Crippen LogP contribution in [0, 0.1) is 11.3 Å². The predicted octanol–water partition coefficient (Wildman–Crippen LogP) is 2.14. The van der Waals surface area contributed by atoms with Crippen LogP contribution >= 0.6 is 0 Å². The van der Waals surface area contributed by atoms with E-state index in [1.165, 1.54) is 0 Å². The third-order valence-electron chi connectivity index (χ3n) is 4.44. The first-order chi connectivity index (χ1) is 11.0. The topological polar surface area (TPSA) is 80.6 Å². The molecule has 3 rings (SSSR count). The van der Waals surface area contributed by atoms with Crippen molar-refractivity contribution in [3.63, 3.8) is 0 Å². The minimum atomic E-state index is -1.02. The second kappa shape index (κ2) is 6.17. The first-order valence-corrected chi connectivity index (χ1v) is 7.70. The van der Waals surface area contributed by atoms with Crippen molar-refractivity contribution in [3.8, 4) is 17.4 Å². The molecule has 1 saturated heterocycles. The van der Waals surface area contributed by atoms with Gasteiger partial charge in [-0.1, -0.05) is 12.1 Å². The summed E-state index contributed by atoms with van der Waals surface area (Å²) < 4.78 is 5.87. The molecular formula is C18H20N2O3. The molecule has 0 saturated carbocycles. The number of aliphatic hydroxyl groups is 2. The van der Waals surface area contributed by atoms with Crippen LogP contribution in [0.25, 0.3) is 11.3 Å². The SMILES string of the molecule is C[C@]1(O)CCN(Cc2ccc(-c3ccccc3C#N)o2)C[C@@H]1O. The van der Waals surface area contributed by atoms with Gasteiger partial charge in [0.2, 0.25) is 0 Å². The van der Waals surface area contributed by atoms with Crippen LogP contribution in [0.5, 0.6) is 0 Å². The second-order valence-electron chi connectivity index (χ2n) is 6.28. The standard InChI is InChI=1S/C18H20N2O3/c1-18(22)8-9-20(12-17(18)21)11-14-6-7-16(23-14)15-5-3-2-4-13(15)10-19/h2-7,17,21-22H,8-9,11-12H2,1H3/t17-,18-/m0/s1. The summed E-state index contributed by atoms with van der Waals surface area (Å²) in [6, 6.07) is 13.3. The summed E-state index contributed by atoms with van der Waals surface area (Å²) in [7, 11) is 0. The van der Waals surface area contributed by atoms with Gasteiger partial charge in [0.25, 0.3) is 0 Å². The Balaban J connectivity index is 1.72. The lowest BCUT2D eigenvalue weighted by Crippen LogP contribution is -2.53. The van der Waals surface area contributed by atoms with Crippen molar-refractivity contribution >= 4 is 0 Å². The minimum absolute atomic E-state index is 0.414. The first-order valence-electron chi connectivity index (χ1n) is 7.70. The minimum Gasteiger partial charge on any atom is -0.460 e. The van der Waals surface area contributed by atoms with Gasteiger partial charge in [-0.15, -0.1) is 0 Å². The molecule has 5 nitrogen and oxygen atoms in total. The summed E-state index contributed by atoms with van der Waals surface area (Å²) in [6.45, 7) is 3.35. The van der Waals surface area contributed by atoms with E-state index in [1.807, 2.05) is 30.3 Å². The molecule has 0 spiro atoms. The molecule has 0 radical (unpaired) electrons. The van der Waals surface area contributed by atoms with Crippen molar-refractivity contribution in [2.24, 2.45) is 0 Å². The van der Waals surface area contributed by atoms with Gasteiger partial charge < -0.3 is 14.6 Å². The number of nitrogens with zero attached hydrogens (tertiary/aromatic N) is 2. The number of benzene rings is 1. The highest BCUT2D eigenvalue weighted by atomic mass is 16.3. The Labute approximate surface area is 135 Å². The maximum Gasteiger partial charge on any atom is 0.135 e. The van der Waals surface area contributed by atoms with Crippen LogP contribution in [-0.4, -0.2) is 39.9 Å². The zero-order valence-corrected chi connectivity index (χ0v) is 13.1. The van der Waals surface area contributed by atoms with Crippen LogP contribution in [0.3, 0.4) is 0 Å². The van der Waals surface area contributed by atoms with E-state index in [-0.39, 0.29) is 0 Å². The van der Waals surface area contributed by atoms with Crippen LogP contribution in [0.2, 0.25) is 0 Å². The second-order valence-corrected chi connectivity index (χ2v) is 6.28. The summed E-state index contributed by atoms with van der Waals surface area (Å²) in [6.07, 6.45) is -0.232. The molecule has 120 valence electrons. The predicted molar refractivity (Wildman–Crippen MR) is 85.4 cm³/mol. The molecule has 1 aliphatic heterocycles. The van der Waals surface area contributed by atoms with E-state index < -0.39 is 11.7 Å². The van der Waals surface area contributed by atoms with Crippen molar-refractivity contribution < 1.29 is 14.6 Å². The van der Waals surface area contributed by atoms with Crippen LogP contribution in [0.15, 0.2) is 40.8 Å². The highest BCUT2D eigenvalue weighted by Crippen LogP contribution is 2.27. The summed E-state index contributed by atoms with van der Waals surface area (Å²) in [5.41, 5.74) is 0.344. The van der Waals surface area contributed by atoms with Gasteiger partial charge in [-0.25, -0.2) is 0 Å². The Hall–Kier alpha value is -2.13. The number of hydrogen-bond donors (Lipinski definition) is 2. The lowest BCUT2D eigenvalue weighted by atomic mass is 9.91. The molecule has 2 heterocycles. The molecule has 2 N–H and O–H groups in total. The number of hydrogen-bond acceptors (Lipinski definition) is 5. The molecule has 0 amide bonds. The van der Waals surface area contributed by atoms with Crippen LogP contribution in [0.4, 0.5) is 0 Å². The first kappa shape index (κ1) is 15.8. The van der Waals surface area contributed by atoms with Crippen molar-refractivity contribution in [1.29, 1.82) is 5.26 Å². The number of aliphatic hydroxyl groups excluding tert-OH is 1. The Morgan fingerprint density at radius 1 is 1.35 bits per heavy atom. The normalized spacial score (nSPS) is 25.2. The fourth-order valence-corrected chi connectivity index (χ4v) is 2.85. The van der Waals surface area contributed by atoms with Gasteiger partial charge in [-0.2, -0.15) is 5.26 Å². The number of rotatable bonds is 3. The molecular weight excluding hydrogens is 292 g/mol. The molecule has 2 atom stereocenters. The molecule has 1 fully saturated rings. The van der Waals surface area contributed by atoms with Crippen LogP contribution < -0.4 is 0 Å². The molecule has 0 unspecified atom stereocenters. The fraction of sp³-hybridized carbons (Fsp3) is 0.389. The van der Waals surface area contributed by atoms with Crippen molar-refractivity contribution in [2.75, 3.05) is 13.1 Å². The molecule has 2 aromatic rings. The lowest BCUT2D eigenvalue weighted by Gasteiger charge is -2.39. The maximum atomic E-state index is 10.0. The molecule has 0 aliphatic carbocycles. The quantitative estimate of drug-likeness (QED) is 0.907. The number of likely N-dealkylation sites (tertiary alicyclic amines) is 1. The van der Waals surface area contributed by atoms with Gasteiger partial charge in [0, 0.05) is 18.7 Å². The lowest BCUT2D eigenvalue weighted by molar-refractivity contribution is -0.109. The molecule has 1 aromatic heterocycles. The Morgan fingerprint density at radius 3 is 2.87 bits per heavy atom. The number of piperidine rings is 1. The summed E-state index contributed by atoms with van der Waals surface area (Å²) in [4.78, 5) is 2.06. The van der Waals surface area contributed by atoms with Crippen LogP contribution in [0.1, 0.15) is 24.7 Å². The highest BCUT2D eigenvalue weighted by molar-refractivity contribution is 5.66. The third kappa shape index (κ3) is 3.30. The van der Waals surface area contributed by atoms with E-state index in [0.717, 1.165) is 11.3 Å². The van der Waals surface area contributed by atoms with Crippen molar-refractivity contribution in [3.05, 3.63) is 47.7 Å². The molecule has 0 bridgehead atoms. The van der Waals surface area contributed by atoms with Gasteiger partial charge in [-0.3, -0.25) is 4.90 Å². The number of furan rings is 1. The Kier molecular flexibility index (Phi) is 4.22. The Bertz CT molecular complexity index is 730. The number of nitriles is 1. The van der Waals surface area contributed by atoms with Gasteiger partial charge in [0.15, 0.2) is 0 Å². The molecule has 1 aromatic carbocycles. The molecule has 1 aliphatic rings. The summed E-state index contributed by atoms with van der Waals surface area (Å²) in [5, 5.41) is 29.2. The van der Waals surface area contributed by atoms with E-state index in [1.54, 1.807) is 13.0 Å². The monoisotopic (exact) mass is 312 g/mol. The van der Waals surface area contributed by atoms with E-state index in [9.17, 15) is 15.5 Å². The van der Waals surface area contributed by atoms with Crippen molar-refractivity contribution in [2.45, 2.75) is 31.6 Å². The molecule has 5 heteroatoms.